The molecule has 0 spiro atoms. The molecule has 0 unspecified atom stereocenters. The van der Waals surface area contributed by atoms with Crippen molar-refractivity contribution in [1.29, 1.82) is 0 Å². The predicted molar refractivity (Wildman–Crippen MR) is 108 cm³/mol. The van der Waals surface area contributed by atoms with E-state index in [0.29, 0.717) is 11.9 Å². The maximum Gasteiger partial charge on any atom is 0.253 e. The lowest BCUT2D eigenvalue weighted by Crippen LogP contribution is -2.52. The lowest BCUT2D eigenvalue weighted by Gasteiger charge is -2.38. The number of piperazine rings is 1. The van der Waals surface area contributed by atoms with Crippen LogP contribution in [-0.2, 0) is 0 Å². The standard InChI is InChI=1S/C21H27N5O2/c1-16-3-5-17(6-4-16)20(27)25-13-11-24(12-14-25)18-8-10-26(15-18)21-22-9-7-19(23-21)28-2/h3-7,9,18H,8,10-15H2,1-2H3/t18-/m0/s1. The zero-order chi connectivity index (χ0) is 19.5. The molecule has 1 amide bonds. The summed E-state index contributed by atoms with van der Waals surface area (Å²) in [6.45, 7) is 7.27. The number of carbonyl (C=O) groups excluding carboxylic acids is 1. The van der Waals surface area contributed by atoms with Crippen molar-refractivity contribution in [3.63, 3.8) is 0 Å². The van der Waals surface area contributed by atoms with Crippen LogP contribution in [0.5, 0.6) is 5.88 Å². The Balaban J connectivity index is 1.32. The van der Waals surface area contributed by atoms with Crippen LogP contribution in [0.3, 0.4) is 0 Å². The highest BCUT2D eigenvalue weighted by Gasteiger charge is 2.32. The Morgan fingerprint density at radius 1 is 1.07 bits per heavy atom. The van der Waals surface area contributed by atoms with Gasteiger partial charge in [-0.25, -0.2) is 4.98 Å². The van der Waals surface area contributed by atoms with Crippen LogP contribution in [0, 0.1) is 6.92 Å². The van der Waals surface area contributed by atoms with Crippen LogP contribution < -0.4 is 9.64 Å². The zero-order valence-corrected chi connectivity index (χ0v) is 16.5. The summed E-state index contributed by atoms with van der Waals surface area (Å²) in [6, 6.07) is 10.1. The smallest absolute Gasteiger partial charge is 0.253 e. The molecule has 0 bridgehead atoms. The highest BCUT2D eigenvalue weighted by Crippen LogP contribution is 2.22. The highest BCUT2D eigenvalue weighted by molar-refractivity contribution is 5.94. The first-order chi connectivity index (χ1) is 13.6. The van der Waals surface area contributed by atoms with Crippen LogP contribution in [0.4, 0.5) is 5.95 Å². The van der Waals surface area contributed by atoms with Gasteiger partial charge >= 0.3 is 0 Å². The Kier molecular flexibility index (Phi) is 5.43. The predicted octanol–water partition coefficient (Wildman–Crippen LogP) is 1.83. The molecule has 0 aliphatic carbocycles. The minimum Gasteiger partial charge on any atom is -0.481 e. The molecule has 0 radical (unpaired) electrons. The number of anilines is 1. The van der Waals surface area contributed by atoms with E-state index in [1.54, 1.807) is 19.4 Å². The first-order valence-corrected chi connectivity index (χ1v) is 9.86. The molecule has 2 aliphatic rings. The molecule has 7 heteroatoms. The van der Waals surface area contributed by atoms with Crippen molar-refractivity contribution in [3.8, 4) is 5.88 Å². The maximum atomic E-state index is 12.7. The molecule has 1 atom stereocenters. The summed E-state index contributed by atoms with van der Waals surface area (Å²) >= 11 is 0. The molecule has 0 saturated carbocycles. The summed E-state index contributed by atoms with van der Waals surface area (Å²) in [5, 5.41) is 0. The summed E-state index contributed by atoms with van der Waals surface area (Å²) in [7, 11) is 1.62. The SMILES string of the molecule is COc1ccnc(N2CC[C@H](N3CCN(C(=O)c4ccc(C)cc4)CC3)C2)n1. The molecule has 2 aliphatic heterocycles. The Hall–Kier alpha value is -2.67. The van der Waals surface area contributed by atoms with E-state index in [1.807, 2.05) is 36.1 Å². The normalized spacial score (nSPS) is 20.4. The van der Waals surface area contributed by atoms with Crippen LogP contribution in [0.2, 0.25) is 0 Å². The van der Waals surface area contributed by atoms with Gasteiger partial charge in [0, 0.05) is 63.1 Å². The van der Waals surface area contributed by atoms with E-state index in [0.717, 1.165) is 57.2 Å². The number of hydrogen-bond donors (Lipinski definition) is 0. The summed E-state index contributed by atoms with van der Waals surface area (Å²) in [5.41, 5.74) is 1.95. The molecular formula is C21H27N5O2. The van der Waals surface area contributed by atoms with E-state index in [4.69, 9.17) is 4.74 Å². The van der Waals surface area contributed by atoms with Crippen LogP contribution in [0.1, 0.15) is 22.3 Å². The van der Waals surface area contributed by atoms with Gasteiger partial charge in [-0.2, -0.15) is 4.98 Å². The topological polar surface area (TPSA) is 61.8 Å². The Morgan fingerprint density at radius 3 is 2.54 bits per heavy atom. The van der Waals surface area contributed by atoms with Crippen molar-refractivity contribution < 1.29 is 9.53 Å². The highest BCUT2D eigenvalue weighted by atomic mass is 16.5. The van der Waals surface area contributed by atoms with Gasteiger partial charge in [0.2, 0.25) is 11.8 Å². The number of hydrogen-bond acceptors (Lipinski definition) is 6. The van der Waals surface area contributed by atoms with Crippen molar-refractivity contribution in [2.75, 3.05) is 51.3 Å². The molecule has 0 N–H and O–H groups in total. The number of aromatic nitrogens is 2. The average Bonchev–Trinajstić information content (AvgIpc) is 3.24. The second kappa shape index (κ2) is 8.14. The monoisotopic (exact) mass is 381 g/mol. The minimum absolute atomic E-state index is 0.137. The van der Waals surface area contributed by atoms with E-state index in [-0.39, 0.29) is 5.91 Å². The van der Waals surface area contributed by atoms with Crippen molar-refractivity contribution in [3.05, 3.63) is 47.7 Å². The minimum atomic E-state index is 0.137. The number of benzene rings is 1. The molecular weight excluding hydrogens is 354 g/mol. The molecule has 28 heavy (non-hydrogen) atoms. The number of nitrogens with zero attached hydrogens (tertiary/aromatic N) is 5. The molecule has 2 saturated heterocycles. The third-order valence-electron chi connectivity index (χ3n) is 5.69. The number of ether oxygens (including phenoxy) is 1. The van der Waals surface area contributed by atoms with Crippen LogP contribution in [0.15, 0.2) is 36.5 Å². The third kappa shape index (κ3) is 3.94. The van der Waals surface area contributed by atoms with Crippen LogP contribution >= 0.6 is 0 Å². The number of carbonyl (C=O) groups is 1. The molecule has 1 aromatic heterocycles. The largest absolute Gasteiger partial charge is 0.481 e. The first kappa shape index (κ1) is 18.7. The van der Waals surface area contributed by atoms with Crippen molar-refractivity contribution in [2.45, 2.75) is 19.4 Å². The summed E-state index contributed by atoms with van der Waals surface area (Å²) < 4.78 is 5.21. The zero-order valence-electron chi connectivity index (χ0n) is 16.5. The average molecular weight is 381 g/mol. The molecule has 3 heterocycles. The van der Waals surface area contributed by atoms with Crippen molar-refractivity contribution in [2.24, 2.45) is 0 Å². The molecule has 148 valence electrons. The molecule has 2 aromatic rings. The first-order valence-electron chi connectivity index (χ1n) is 9.86. The van der Waals surface area contributed by atoms with E-state index >= 15 is 0 Å². The van der Waals surface area contributed by atoms with Gasteiger partial charge in [-0.3, -0.25) is 9.69 Å². The van der Waals surface area contributed by atoms with Gasteiger partial charge in [-0.1, -0.05) is 17.7 Å². The van der Waals surface area contributed by atoms with Gasteiger partial charge < -0.3 is 14.5 Å². The van der Waals surface area contributed by atoms with E-state index in [2.05, 4.69) is 19.8 Å². The third-order valence-corrected chi connectivity index (χ3v) is 5.69. The molecule has 1 aromatic carbocycles. The second-order valence-electron chi connectivity index (χ2n) is 7.48. The Labute approximate surface area is 165 Å². The fourth-order valence-electron chi connectivity index (χ4n) is 3.99. The fourth-order valence-corrected chi connectivity index (χ4v) is 3.99. The molecule has 7 nitrogen and oxygen atoms in total. The number of methoxy groups -OCH3 is 1. The van der Waals surface area contributed by atoms with Crippen LogP contribution in [-0.4, -0.2) is 78.1 Å². The van der Waals surface area contributed by atoms with Crippen molar-refractivity contribution in [1.82, 2.24) is 19.8 Å². The Bertz CT molecular complexity index is 818. The van der Waals surface area contributed by atoms with Gasteiger partial charge in [0.25, 0.3) is 5.91 Å². The lowest BCUT2D eigenvalue weighted by atomic mass is 10.1. The quantitative estimate of drug-likeness (QED) is 0.805. The molecule has 2 fully saturated rings. The van der Waals surface area contributed by atoms with E-state index in [9.17, 15) is 4.79 Å². The fraction of sp³-hybridized carbons (Fsp3) is 0.476. The number of aryl methyl sites for hydroxylation is 1. The molecule has 4 rings (SSSR count). The second-order valence-corrected chi connectivity index (χ2v) is 7.48. The van der Waals surface area contributed by atoms with Gasteiger partial charge in [-0.15, -0.1) is 0 Å². The lowest BCUT2D eigenvalue weighted by molar-refractivity contribution is 0.0585. The number of amides is 1. The number of rotatable bonds is 4. The maximum absolute atomic E-state index is 12.7. The summed E-state index contributed by atoms with van der Waals surface area (Å²) in [4.78, 5) is 28.2. The van der Waals surface area contributed by atoms with Crippen LogP contribution in [0.25, 0.3) is 0 Å². The Morgan fingerprint density at radius 2 is 1.82 bits per heavy atom. The van der Waals surface area contributed by atoms with Crippen molar-refractivity contribution >= 4 is 11.9 Å². The van der Waals surface area contributed by atoms with Gasteiger partial charge in [0.05, 0.1) is 7.11 Å². The van der Waals surface area contributed by atoms with E-state index < -0.39 is 0 Å². The van der Waals surface area contributed by atoms with Gasteiger partial charge in [-0.05, 0) is 25.5 Å². The summed E-state index contributed by atoms with van der Waals surface area (Å²) in [5.74, 6) is 1.46. The summed E-state index contributed by atoms with van der Waals surface area (Å²) in [6.07, 6.45) is 2.83. The van der Waals surface area contributed by atoms with E-state index in [1.165, 1.54) is 5.56 Å². The van der Waals surface area contributed by atoms with Gasteiger partial charge in [0.15, 0.2) is 0 Å². The van der Waals surface area contributed by atoms with Gasteiger partial charge in [0.1, 0.15) is 0 Å².